The van der Waals surface area contributed by atoms with Gasteiger partial charge >= 0.3 is 0 Å². The first-order chi connectivity index (χ1) is 9.22. The Kier molecular flexibility index (Phi) is 5.23. The third kappa shape index (κ3) is 3.95. The molecule has 0 aromatic heterocycles. The Morgan fingerprint density at radius 3 is 2.95 bits per heavy atom. The van der Waals surface area contributed by atoms with Gasteiger partial charge in [-0.05, 0) is 49.4 Å². The number of nitrogens with zero attached hydrogens (tertiary/aromatic N) is 1. The highest BCUT2D eigenvalue weighted by Crippen LogP contribution is 2.21. The van der Waals surface area contributed by atoms with Gasteiger partial charge in [-0.3, -0.25) is 0 Å². The monoisotopic (exact) mass is 262 g/mol. The van der Waals surface area contributed by atoms with E-state index in [4.69, 9.17) is 10.5 Å². The minimum atomic E-state index is 0.359. The summed E-state index contributed by atoms with van der Waals surface area (Å²) in [5.74, 6) is 1.01. The number of nitrogens with two attached hydrogens (primary N) is 1. The number of benzene rings is 1. The van der Waals surface area contributed by atoms with E-state index >= 15 is 0 Å². The van der Waals surface area contributed by atoms with Crippen molar-refractivity contribution in [3.63, 3.8) is 0 Å². The largest absolute Gasteiger partial charge is 0.496 e. The van der Waals surface area contributed by atoms with Gasteiger partial charge in [0.15, 0.2) is 0 Å². The molecule has 0 amide bonds. The normalized spacial score (nSPS) is 20.5. The van der Waals surface area contributed by atoms with E-state index in [1.165, 1.54) is 30.5 Å². The fraction of sp³-hybridized carbons (Fsp3) is 0.625. The zero-order chi connectivity index (χ0) is 13.7. The molecule has 1 aromatic rings. The van der Waals surface area contributed by atoms with Gasteiger partial charge in [-0.25, -0.2) is 0 Å². The summed E-state index contributed by atoms with van der Waals surface area (Å²) >= 11 is 0. The van der Waals surface area contributed by atoms with Crippen LogP contribution in [0.3, 0.4) is 0 Å². The minimum Gasteiger partial charge on any atom is -0.496 e. The van der Waals surface area contributed by atoms with Crippen molar-refractivity contribution in [2.45, 2.75) is 38.6 Å². The van der Waals surface area contributed by atoms with E-state index in [-0.39, 0.29) is 0 Å². The molecule has 1 saturated heterocycles. The molecule has 1 unspecified atom stereocenters. The molecule has 3 heteroatoms. The maximum atomic E-state index is 6.03. The van der Waals surface area contributed by atoms with E-state index in [0.717, 1.165) is 31.7 Å². The number of methoxy groups -OCH3 is 1. The zero-order valence-electron chi connectivity index (χ0n) is 12.2. The summed E-state index contributed by atoms with van der Waals surface area (Å²) in [6.45, 7) is 5.49. The van der Waals surface area contributed by atoms with E-state index in [1.54, 1.807) is 7.11 Å². The number of aryl methyl sites for hydroxylation is 1. The Morgan fingerprint density at radius 1 is 1.42 bits per heavy atom. The summed E-state index contributed by atoms with van der Waals surface area (Å²) in [6.07, 6.45) is 4.52. The second-order valence-corrected chi connectivity index (χ2v) is 5.45. The van der Waals surface area contributed by atoms with Gasteiger partial charge in [-0.2, -0.15) is 0 Å². The van der Waals surface area contributed by atoms with E-state index < -0.39 is 0 Å². The average molecular weight is 262 g/mol. The molecule has 1 aliphatic heterocycles. The van der Waals surface area contributed by atoms with Gasteiger partial charge in [0, 0.05) is 19.1 Å². The van der Waals surface area contributed by atoms with Crippen LogP contribution in [0, 0.1) is 0 Å². The van der Waals surface area contributed by atoms with Gasteiger partial charge in [0.1, 0.15) is 5.75 Å². The molecule has 0 bridgehead atoms. The number of hydrogen-bond acceptors (Lipinski definition) is 3. The lowest BCUT2D eigenvalue weighted by atomic mass is 10.0. The second kappa shape index (κ2) is 6.92. The van der Waals surface area contributed by atoms with Gasteiger partial charge in [0.05, 0.1) is 7.11 Å². The summed E-state index contributed by atoms with van der Waals surface area (Å²) in [5, 5.41) is 0. The summed E-state index contributed by atoms with van der Waals surface area (Å²) in [7, 11) is 1.75. The number of likely N-dealkylation sites (tertiary alicyclic amines) is 1. The topological polar surface area (TPSA) is 38.5 Å². The lowest BCUT2D eigenvalue weighted by Crippen LogP contribution is -2.43. The first kappa shape index (κ1) is 14.4. The van der Waals surface area contributed by atoms with Crippen LogP contribution < -0.4 is 10.5 Å². The predicted molar refractivity (Wildman–Crippen MR) is 79.7 cm³/mol. The Morgan fingerprint density at radius 2 is 2.26 bits per heavy atom. The van der Waals surface area contributed by atoms with E-state index in [1.807, 2.05) is 0 Å². The van der Waals surface area contributed by atoms with E-state index in [2.05, 4.69) is 30.0 Å². The molecule has 2 rings (SSSR count). The van der Waals surface area contributed by atoms with Crippen molar-refractivity contribution >= 4 is 0 Å². The van der Waals surface area contributed by atoms with Crippen molar-refractivity contribution in [3.05, 3.63) is 29.3 Å². The number of rotatable bonds is 5. The molecule has 19 heavy (non-hydrogen) atoms. The van der Waals surface area contributed by atoms with Crippen LogP contribution in [0.1, 0.15) is 30.9 Å². The maximum absolute atomic E-state index is 6.03. The van der Waals surface area contributed by atoms with Crippen LogP contribution in [0.5, 0.6) is 5.75 Å². The number of hydrogen-bond donors (Lipinski definition) is 1. The third-order valence-corrected chi connectivity index (χ3v) is 3.99. The van der Waals surface area contributed by atoms with Gasteiger partial charge in [-0.15, -0.1) is 0 Å². The van der Waals surface area contributed by atoms with Crippen LogP contribution in [0.4, 0.5) is 0 Å². The lowest BCUT2D eigenvalue weighted by Gasteiger charge is -2.30. The highest BCUT2D eigenvalue weighted by atomic mass is 16.5. The van der Waals surface area contributed by atoms with Crippen molar-refractivity contribution < 1.29 is 4.74 Å². The zero-order valence-corrected chi connectivity index (χ0v) is 12.2. The van der Waals surface area contributed by atoms with Crippen molar-refractivity contribution in [1.82, 2.24) is 4.90 Å². The highest BCUT2D eigenvalue weighted by molar-refractivity contribution is 5.37. The molecule has 0 radical (unpaired) electrons. The predicted octanol–water partition coefficient (Wildman–Crippen LogP) is 2.22. The van der Waals surface area contributed by atoms with Crippen LogP contribution in [-0.2, 0) is 12.8 Å². The number of piperidine rings is 1. The Labute approximate surface area is 116 Å². The first-order valence-electron chi connectivity index (χ1n) is 7.36. The molecule has 0 aliphatic carbocycles. The summed E-state index contributed by atoms with van der Waals surface area (Å²) in [4.78, 5) is 2.48. The maximum Gasteiger partial charge on any atom is 0.122 e. The molecule has 1 atom stereocenters. The quantitative estimate of drug-likeness (QED) is 0.884. The molecule has 3 nitrogen and oxygen atoms in total. The molecule has 1 aromatic carbocycles. The molecular formula is C16H26N2O. The molecule has 1 heterocycles. The Bertz CT molecular complexity index is 406. The fourth-order valence-corrected chi connectivity index (χ4v) is 2.82. The molecule has 106 valence electrons. The summed E-state index contributed by atoms with van der Waals surface area (Å²) in [5.41, 5.74) is 8.73. The van der Waals surface area contributed by atoms with Crippen LogP contribution in [-0.4, -0.2) is 37.7 Å². The molecule has 2 N–H and O–H groups in total. The van der Waals surface area contributed by atoms with Crippen molar-refractivity contribution in [2.24, 2.45) is 5.73 Å². The van der Waals surface area contributed by atoms with E-state index in [0.29, 0.717) is 6.04 Å². The fourth-order valence-electron chi connectivity index (χ4n) is 2.82. The summed E-state index contributed by atoms with van der Waals surface area (Å²) < 4.78 is 5.46. The van der Waals surface area contributed by atoms with Gasteiger partial charge in [0.25, 0.3) is 0 Å². The van der Waals surface area contributed by atoms with Gasteiger partial charge < -0.3 is 15.4 Å². The van der Waals surface area contributed by atoms with Crippen molar-refractivity contribution in [2.75, 3.05) is 26.7 Å². The van der Waals surface area contributed by atoms with Crippen LogP contribution in [0.15, 0.2) is 18.2 Å². The van der Waals surface area contributed by atoms with Gasteiger partial charge in [-0.1, -0.05) is 19.1 Å². The molecule has 0 spiro atoms. The molecule has 1 fully saturated rings. The number of ether oxygens (including phenoxy) is 1. The second-order valence-electron chi connectivity index (χ2n) is 5.45. The summed E-state index contributed by atoms with van der Waals surface area (Å²) in [6, 6.07) is 6.88. The standard InChI is InChI=1S/C16H26N2O/c1-3-13-6-7-16(19-2)14(11-13)8-10-18-9-4-5-15(17)12-18/h6-7,11,15H,3-5,8-10,12,17H2,1-2H3. The van der Waals surface area contributed by atoms with Crippen molar-refractivity contribution in [1.29, 1.82) is 0 Å². The molecule has 1 aliphatic rings. The Balaban J connectivity index is 1.97. The van der Waals surface area contributed by atoms with Crippen molar-refractivity contribution in [3.8, 4) is 5.75 Å². The Hall–Kier alpha value is -1.06. The van der Waals surface area contributed by atoms with Crippen LogP contribution in [0.2, 0.25) is 0 Å². The van der Waals surface area contributed by atoms with E-state index in [9.17, 15) is 0 Å². The van der Waals surface area contributed by atoms with Gasteiger partial charge in [0.2, 0.25) is 0 Å². The molecule has 0 saturated carbocycles. The van der Waals surface area contributed by atoms with Crippen LogP contribution >= 0.6 is 0 Å². The van der Waals surface area contributed by atoms with Crippen LogP contribution in [0.25, 0.3) is 0 Å². The average Bonchev–Trinajstić information content (AvgIpc) is 2.45. The molecular weight excluding hydrogens is 236 g/mol. The lowest BCUT2D eigenvalue weighted by molar-refractivity contribution is 0.211. The SMILES string of the molecule is CCc1ccc(OC)c(CCN2CCCC(N)C2)c1. The third-order valence-electron chi connectivity index (χ3n) is 3.99. The first-order valence-corrected chi connectivity index (χ1v) is 7.36. The minimum absolute atomic E-state index is 0.359. The smallest absolute Gasteiger partial charge is 0.122 e. The highest BCUT2D eigenvalue weighted by Gasteiger charge is 2.16.